The Morgan fingerprint density at radius 1 is 1.11 bits per heavy atom. The van der Waals surface area contributed by atoms with E-state index in [1.807, 2.05) is 20.8 Å². The molecule has 0 aliphatic heterocycles. The lowest BCUT2D eigenvalue weighted by molar-refractivity contribution is -0.138. The van der Waals surface area contributed by atoms with Crippen LogP contribution < -0.4 is 10.1 Å². The van der Waals surface area contributed by atoms with Gasteiger partial charge < -0.3 is 23.9 Å². The SMILES string of the molecule is C=C(C)C(=O)OCC.CC.CCOC(=O)c1cn2nccc(Oc3ccc4c(C(=O)N[C@@H]5CC[C@@H]5F)c(C)oc4c3)c2c1C. The summed E-state index contributed by atoms with van der Waals surface area (Å²) in [4.78, 5) is 35.4. The minimum atomic E-state index is -0.999. The quantitative estimate of drug-likeness (QED) is 0.167. The van der Waals surface area contributed by atoms with Crippen LogP contribution >= 0.6 is 0 Å². The summed E-state index contributed by atoms with van der Waals surface area (Å²) in [6.07, 6.45) is 3.30. The number of ether oxygens (including phenoxy) is 3. The summed E-state index contributed by atoms with van der Waals surface area (Å²) in [6, 6.07) is 6.44. The normalized spacial score (nSPS) is 15.2. The number of halogens is 1. The maximum Gasteiger partial charge on any atom is 0.340 e. The van der Waals surface area contributed by atoms with Crippen LogP contribution in [0.4, 0.5) is 4.39 Å². The van der Waals surface area contributed by atoms with E-state index in [4.69, 9.17) is 13.9 Å². The number of nitrogens with zero attached hydrogens (tertiary/aromatic N) is 2. The van der Waals surface area contributed by atoms with Gasteiger partial charge in [0.05, 0.1) is 36.6 Å². The zero-order valence-corrected chi connectivity index (χ0v) is 26.3. The molecule has 10 nitrogen and oxygen atoms in total. The molecule has 1 saturated carbocycles. The van der Waals surface area contributed by atoms with Gasteiger partial charge in [-0.2, -0.15) is 5.10 Å². The van der Waals surface area contributed by atoms with E-state index in [1.165, 1.54) is 0 Å². The number of esters is 2. The number of nitrogens with one attached hydrogen (secondary N) is 1. The zero-order valence-electron chi connectivity index (χ0n) is 26.3. The molecule has 11 heteroatoms. The lowest BCUT2D eigenvalue weighted by Gasteiger charge is -2.30. The molecule has 3 aromatic heterocycles. The van der Waals surface area contributed by atoms with E-state index in [0.717, 1.165) is 0 Å². The molecule has 1 aliphatic carbocycles. The molecule has 5 rings (SSSR count). The van der Waals surface area contributed by atoms with Gasteiger partial charge in [-0.3, -0.25) is 4.79 Å². The topological polar surface area (TPSA) is 121 Å². The third-order valence-electron chi connectivity index (χ3n) is 6.81. The Bertz CT molecular complexity index is 1660. The molecule has 1 fully saturated rings. The van der Waals surface area contributed by atoms with Gasteiger partial charge in [0.1, 0.15) is 28.8 Å². The number of fused-ring (bicyclic) bond motifs is 2. The summed E-state index contributed by atoms with van der Waals surface area (Å²) >= 11 is 0. The molecule has 0 unspecified atom stereocenters. The second-order valence-electron chi connectivity index (χ2n) is 9.84. The van der Waals surface area contributed by atoms with Crippen LogP contribution in [0.15, 0.2) is 53.2 Å². The Hall–Kier alpha value is -4.67. The summed E-state index contributed by atoms with van der Waals surface area (Å²) in [6.45, 7) is 16.8. The van der Waals surface area contributed by atoms with Gasteiger partial charge in [0.15, 0.2) is 5.75 Å². The number of alkyl halides is 1. The van der Waals surface area contributed by atoms with Crippen molar-refractivity contribution < 1.29 is 37.4 Å². The third-order valence-corrected chi connectivity index (χ3v) is 6.81. The van der Waals surface area contributed by atoms with Crippen LogP contribution in [0.3, 0.4) is 0 Å². The van der Waals surface area contributed by atoms with Crippen LogP contribution in [-0.4, -0.2) is 52.9 Å². The number of furan rings is 1. The van der Waals surface area contributed by atoms with E-state index in [1.54, 1.807) is 68.9 Å². The number of aryl methyl sites for hydroxylation is 2. The fourth-order valence-electron chi connectivity index (χ4n) is 4.51. The van der Waals surface area contributed by atoms with Gasteiger partial charge in [0.25, 0.3) is 5.91 Å². The van der Waals surface area contributed by atoms with Crippen molar-refractivity contribution in [3.63, 3.8) is 0 Å². The minimum absolute atomic E-state index is 0.277. The fourth-order valence-corrected chi connectivity index (χ4v) is 4.51. The zero-order chi connectivity index (χ0) is 32.6. The van der Waals surface area contributed by atoms with Crippen LogP contribution in [0.5, 0.6) is 11.5 Å². The van der Waals surface area contributed by atoms with Crippen LogP contribution in [0.2, 0.25) is 0 Å². The lowest BCUT2D eigenvalue weighted by atomic mass is 9.90. The smallest absolute Gasteiger partial charge is 0.340 e. The molecule has 1 aliphatic rings. The highest BCUT2D eigenvalue weighted by Gasteiger charge is 2.33. The van der Waals surface area contributed by atoms with Crippen molar-refractivity contribution in [2.24, 2.45) is 0 Å². The minimum Gasteiger partial charge on any atom is -0.463 e. The number of aromatic nitrogens is 2. The van der Waals surface area contributed by atoms with Gasteiger partial charge in [-0.15, -0.1) is 0 Å². The first-order valence-corrected chi connectivity index (χ1v) is 14.7. The summed E-state index contributed by atoms with van der Waals surface area (Å²) in [5, 5.41) is 7.65. The van der Waals surface area contributed by atoms with Crippen molar-refractivity contribution in [2.75, 3.05) is 13.2 Å². The van der Waals surface area contributed by atoms with Crippen molar-refractivity contribution in [3.05, 3.63) is 71.3 Å². The number of benzene rings is 1. The highest BCUT2D eigenvalue weighted by atomic mass is 19.1. The predicted molar refractivity (Wildman–Crippen MR) is 165 cm³/mol. The first-order valence-electron chi connectivity index (χ1n) is 14.7. The Morgan fingerprint density at radius 2 is 1.82 bits per heavy atom. The Balaban J connectivity index is 0.000000462. The molecule has 1 aromatic carbocycles. The highest BCUT2D eigenvalue weighted by Crippen LogP contribution is 2.34. The maximum atomic E-state index is 13.6. The first kappa shape index (κ1) is 33.8. The second kappa shape index (κ2) is 15.2. The van der Waals surface area contributed by atoms with Crippen molar-refractivity contribution in [3.8, 4) is 11.5 Å². The van der Waals surface area contributed by atoms with Crippen molar-refractivity contribution in [1.29, 1.82) is 0 Å². The van der Waals surface area contributed by atoms with E-state index in [-0.39, 0.29) is 18.5 Å². The van der Waals surface area contributed by atoms with Gasteiger partial charge in [0, 0.05) is 29.3 Å². The van der Waals surface area contributed by atoms with Gasteiger partial charge in [-0.05, 0) is 65.2 Å². The largest absolute Gasteiger partial charge is 0.463 e. The molecular weight excluding hydrogens is 569 g/mol. The summed E-state index contributed by atoms with van der Waals surface area (Å²) < 4.78 is 36.8. The van der Waals surface area contributed by atoms with Gasteiger partial charge in [0.2, 0.25) is 0 Å². The first-order chi connectivity index (χ1) is 21.0. The maximum absolute atomic E-state index is 13.6. The number of carbonyl (C=O) groups excluding carboxylic acids is 3. The Labute approximate surface area is 256 Å². The number of rotatable bonds is 8. The average Bonchev–Trinajstić information content (AvgIpc) is 3.52. The van der Waals surface area contributed by atoms with Gasteiger partial charge >= 0.3 is 11.9 Å². The number of carbonyl (C=O) groups is 3. The van der Waals surface area contributed by atoms with Crippen molar-refractivity contribution in [1.82, 2.24) is 14.9 Å². The number of hydrogen-bond donors (Lipinski definition) is 1. The fraction of sp³-hybridized carbons (Fsp3) is 0.394. The van der Waals surface area contributed by atoms with E-state index in [2.05, 4.69) is 21.7 Å². The molecule has 236 valence electrons. The van der Waals surface area contributed by atoms with E-state index >= 15 is 0 Å². The second-order valence-corrected chi connectivity index (χ2v) is 9.84. The molecule has 0 bridgehead atoms. The molecule has 4 aromatic rings. The highest BCUT2D eigenvalue weighted by molar-refractivity contribution is 6.07. The molecule has 0 saturated heterocycles. The summed E-state index contributed by atoms with van der Waals surface area (Å²) in [7, 11) is 0. The van der Waals surface area contributed by atoms with Crippen molar-refractivity contribution in [2.45, 2.75) is 73.5 Å². The monoisotopic (exact) mass is 609 g/mol. The van der Waals surface area contributed by atoms with Crippen molar-refractivity contribution >= 4 is 34.3 Å². The molecule has 0 radical (unpaired) electrons. The molecule has 1 N–H and O–H groups in total. The van der Waals surface area contributed by atoms with E-state index in [0.29, 0.717) is 75.5 Å². The van der Waals surface area contributed by atoms with E-state index < -0.39 is 18.2 Å². The van der Waals surface area contributed by atoms with Crippen LogP contribution in [0.1, 0.15) is 79.5 Å². The molecule has 0 spiro atoms. The molecule has 44 heavy (non-hydrogen) atoms. The Morgan fingerprint density at radius 3 is 2.39 bits per heavy atom. The molecule has 2 atom stereocenters. The number of amides is 1. The van der Waals surface area contributed by atoms with Crippen LogP contribution in [0, 0.1) is 13.8 Å². The Kier molecular flexibility index (Phi) is 11.7. The predicted octanol–water partition coefficient (Wildman–Crippen LogP) is 7.05. The summed E-state index contributed by atoms with van der Waals surface area (Å²) in [5.74, 6) is 0.365. The summed E-state index contributed by atoms with van der Waals surface area (Å²) in [5.41, 5.74) is 3.08. The third kappa shape index (κ3) is 7.45. The molecule has 3 heterocycles. The van der Waals surface area contributed by atoms with Gasteiger partial charge in [-0.25, -0.2) is 18.5 Å². The lowest BCUT2D eigenvalue weighted by Crippen LogP contribution is -2.48. The van der Waals surface area contributed by atoms with Crippen LogP contribution in [0.25, 0.3) is 16.5 Å². The average molecular weight is 610 g/mol. The molecular formula is C33H40FN3O7. The van der Waals surface area contributed by atoms with E-state index in [9.17, 15) is 18.8 Å². The van der Waals surface area contributed by atoms with Crippen LogP contribution in [-0.2, 0) is 14.3 Å². The molecule has 1 amide bonds. The standard InChI is InChI=1S/C25H24FN3O5.C6H10O2.C2H6/c1-4-32-25(31)17-12-29-23(13(17)2)20(9-10-27-29)34-15-5-6-16-21(11-15)33-14(3)22(16)24(30)28-19-8-7-18(19)26;1-4-8-6(7)5(2)3;1-2/h5-6,9-12,18-19H,4,7-8H2,1-3H3,(H,28,30);2,4H2,1,3H3;1-2H3/t18-,19+;;/m0../s1. The van der Waals surface area contributed by atoms with Gasteiger partial charge in [-0.1, -0.05) is 20.4 Å². The number of hydrogen-bond acceptors (Lipinski definition) is 8.